The van der Waals surface area contributed by atoms with Gasteiger partial charge in [0.15, 0.2) is 0 Å². The Morgan fingerprint density at radius 3 is 2.60 bits per heavy atom. The van der Waals surface area contributed by atoms with E-state index in [0.717, 1.165) is 20.2 Å². The van der Waals surface area contributed by atoms with E-state index in [0.29, 0.717) is 6.54 Å². The first-order chi connectivity index (χ1) is 7.04. The molecule has 0 aliphatic carbocycles. The maximum atomic E-state index is 9.22. The van der Waals surface area contributed by atoms with Gasteiger partial charge in [-0.05, 0) is 40.5 Å². The summed E-state index contributed by atoms with van der Waals surface area (Å²) in [6.45, 7) is 2.07. The summed E-state index contributed by atoms with van der Waals surface area (Å²) in [5, 5.41) is 21.0. The number of nitrogens with one attached hydrogen (secondary N) is 1. The molecule has 0 bridgehead atoms. The molecule has 3 nitrogen and oxygen atoms in total. The summed E-state index contributed by atoms with van der Waals surface area (Å²) >= 11 is 6.83. The molecule has 5 heteroatoms. The van der Waals surface area contributed by atoms with Crippen LogP contribution in [0, 0.1) is 6.92 Å². The van der Waals surface area contributed by atoms with Crippen LogP contribution in [0.1, 0.15) is 5.56 Å². The van der Waals surface area contributed by atoms with Crippen molar-refractivity contribution in [3.8, 4) is 0 Å². The topological polar surface area (TPSA) is 52.5 Å². The van der Waals surface area contributed by atoms with Gasteiger partial charge in [-0.2, -0.15) is 0 Å². The molecule has 0 aromatic heterocycles. The lowest BCUT2D eigenvalue weighted by atomic mass is 10.2. The van der Waals surface area contributed by atoms with Gasteiger partial charge in [0.1, 0.15) is 0 Å². The molecule has 0 radical (unpaired) electrons. The quantitative estimate of drug-likeness (QED) is 0.789. The van der Waals surface area contributed by atoms with Crippen LogP contribution in [-0.4, -0.2) is 29.5 Å². The molecule has 0 saturated heterocycles. The summed E-state index contributed by atoms with van der Waals surface area (Å²) in [6.07, 6.45) is -0.736. The van der Waals surface area contributed by atoms with Crippen LogP contribution in [0.2, 0.25) is 0 Å². The minimum Gasteiger partial charge on any atom is -0.394 e. The van der Waals surface area contributed by atoms with Crippen molar-refractivity contribution < 1.29 is 10.2 Å². The summed E-state index contributed by atoms with van der Waals surface area (Å²) in [6, 6.07) is 3.92. The van der Waals surface area contributed by atoms with Crippen LogP contribution in [0.3, 0.4) is 0 Å². The minimum absolute atomic E-state index is 0.236. The number of benzene rings is 1. The standard InChI is InChI=1S/C10H13Br2NO2/c1-6-2-7(11)3-9(12)10(6)13-4-8(15)5-14/h2-3,8,13-15H,4-5H2,1H3. The molecule has 1 atom stereocenters. The van der Waals surface area contributed by atoms with Crippen molar-refractivity contribution in [2.45, 2.75) is 13.0 Å². The third-order valence-electron chi connectivity index (χ3n) is 1.98. The molecule has 0 heterocycles. The third-order valence-corrected chi connectivity index (χ3v) is 3.06. The van der Waals surface area contributed by atoms with Crippen molar-refractivity contribution in [3.63, 3.8) is 0 Å². The van der Waals surface area contributed by atoms with Crippen LogP contribution in [0.15, 0.2) is 21.1 Å². The predicted molar refractivity (Wildman–Crippen MR) is 68.2 cm³/mol. The highest BCUT2D eigenvalue weighted by atomic mass is 79.9. The predicted octanol–water partition coefficient (Wildman–Crippen LogP) is 2.29. The highest BCUT2D eigenvalue weighted by Gasteiger charge is 2.07. The van der Waals surface area contributed by atoms with Gasteiger partial charge < -0.3 is 15.5 Å². The number of aryl methyl sites for hydroxylation is 1. The monoisotopic (exact) mass is 337 g/mol. The summed E-state index contributed by atoms with van der Waals surface area (Å²) in [4.78, 5) is 0. The van der Waals surface area contributed by atoms with E-state index in [4.69, 9.17) is 5.11 Å². The van der Waals surface area contributed by atoms with Gasteiger partial charge in [-0.25, -0.2) is 0 Å². The van der Waals surface area contributed by atoms with Gasteiger partial charge in [-0.1, -0.05) is 15.9 Å². The summed E-state index contributed by atoms with van der Waals surface area (Å²) in [5.41, 5.74) is 2.01. The van der Waals surface area contributed by atoms with Crippen molar-refractivity contribution >= 4 is 37.5 Å². The fraction of sp³-hybridized carbons (Fsp3) is 0.400. The van der Waals surface area contributed by atoms with Crippen LogP contribution in [0.4, 0.5) is 5.69 Å². The van der Waals surface area contributed by atoms with Gasteiger partial charge in [-0.3, -0.25) is 0 Å². The normalized spacial score (nSPS) is 12.6. The molecular formula is C10H13Br2NO2. The molecule has 0 spiro atoms. The maximum absolute atomic E-state index is 9.22. The lowest BCUT2D eigenvalue weighted by Gasteiger charge is -2.14. The molecular weight excluding hydrogens is 326 g/mol. The zero-order valence-corrected chi connectivity index (χ0v) is 11.5. The Morgan fingerprint density at radius 2 is 2.07 bits per heavy atom. The van der Waals surface area contributed by atoms with Crippen LogP contribution in [0.25, 0.3) is 0 Å². The van der Waals surface area contributed by atoms with Crippen molar-refractivity contribution in [2.24, 2.45) is 0 Å². The first-order valence-electron chi connectivity index (χ1n) is 4.53. The lowest BCUT2D eigenvalue weighted by molar-refractivity contribution is 0.105. The van der Waals surface area contributed by atoms with Gasteiger partial charge >= 0.3 is 0 Å². The number of rotatable bonds is 4. The molecule has 15 heavy (non-hydrogen) atoms. The molecule has 84 valence electrons. The van der Waals surface area contributed by atoms with Gasteiger partial charge in [-0.15, -0.1) is 0 Å². The Hall–Kier alpha value is -0.100. The fourth-order valence-corrected chi connectivity index (χ4v) is 2.79. The van der Waals surface area contributed by atoms with E-state index >= 15 is 0 Å². The molecule has 1 unspecified atom stereocenters. The lowest BCUT2D eigenvalue weighted by Crippen LogP contribution is -2.23. The average molecular weight is 339 g/mol. The van der Waals surface area contributed by atoms with Crippen molar-refractivity contribution in [2.75, 3.05) is 18.5 Å². The molecule has 0 saturated carbocycles. The van der Waals surface area contributed by atoms with E-state index in [1.807, 2.05) is 19.1 Å². The van der Waals surface area contributed by atoms with Crippen molar-refractivity contribution in [1.29, 1.82) is 0 Å². The van der Waals surface area contributed by atoms with E-state index in [1.54, 1.807) is 0 Å². The number of halogens is 2. The Balaban J connectivity index is 2.77. The first kappa shape index (κ1) is 13.0. The van der Waals surface area contributed by atoms with E-state index in [9.17, 15) is 5.11 Å². The summed E-state index contributed by atoms with van der Waals surface area (Å²) in [7, 11) is 0. The molecule has 0 aliphatic heterocycles. The zero-order valence-electron chi connectivity index (χ0n) is 8.30. The SMILES string of the molecule is Cc1cc(Br)cc(Br)c1NCC(O)CO. The van der Waals surface area contributed by atoms with Crippen molar-refractivity contribution in [3.05, 3.63) is 26.6 Å². The van der Waals surface area contributed by atoms with Crippen LogP contribution < -0.4 is 5.32 Å². The number of anilines is 1. The van der Waals surface area contributed by atoms with Crippen LogP contribution >= 0.6 is 31.9 Å². The number of hydrogen-bond donors (Lipinski definition) is 3. The molecule has 0 amide bonds. The zero-order chi connectivity index (χ0) is 11.4. The highest BCUT2D eigenvalue weighted by molar-refractivity contribution is 9.11. The van der Waals surface area contributed by atoms with E-state index in [1.165, 1.54) is 0 Å². The second kappa shape index (κ2) is 5.84. The molecule has 3 N–H and O–H groups in total. The number of aliphatic hydroxyl groups is 2. The Morgan fingerprint density at radius 1 is 1.40 bits per heavy atom. The van der Waals surface area contributed by atoms with Gasteiger partial charge in [0.2, 0.25) is 0 Å². The fourth-order valence-electron chi connectivity index (χ4n) is 1.21. The molecule has 1 aromatic carbocycles. The molecule has 0 fully saturated rings. The average Bonchev–Trinajstić information content (AvgIpc) is 2.15. The second-order valence-electron chi connectivity index (χ2n) is 3.30. The highest BCUT2D eigenvalue weighted by Crippen LogP contribution is 2.30. The third kappa shape index (κ3) is 3.75. The smallest absolute Gasteiger partial charge is 0.0942 e. The Kier molecular flexibility index (Phi) is 5.05. The molecule has 1 aromatic rings. The second-order valence-corrected chi connectivity index (χ2v) is 5.07. The largest absolute Gasteiger partial charge is 0.394 e. The minimum atomic E-state index is -0.736. The molecule has 0 aliphatic rings. The number of aliphatic hydroxyl groups excluding tert-OH is 2. The van der Waals surface area contributed by atoms with Gasteiger partial charge in [0.05, 0.1) is 18.4 Å². The summed E-state index contributed by atoms with van der Waals surface area (Å²) < 4.78 is 1.93. The van der Waals surface area contributed by atoms with E-state index in [2.05, 4.69) is 37.2 Å². The number of hydrogen-bond acceptors (Lipinski definition) is 3. The molecule has 1 rings (SSSR count). The maximum Gasteiger partial charge on any atom is 0.0942 e. The summed E-state index contributed by atoms with van der Waals surface area (Å²) in [5.74, 6) is 0. The van der Waals surface area contributed by atoms with E-state index in [-0.39, 0.29) is 6.61 Å². The van der Waals surface area contributed by atoms with Crippen LogP contribution in [-0.2, 0) is 0 Å². The van der Waals surface area contributed by atoms with Gasteiger partial charge in [0.25, 0.3) is 0 Å². The van der Waals surface area contributed by atoms with Gasteiger partial charge in [0, 0.05) is 15.5 Å². The van der Waals surface area contributed by atoms with Crippen molar-refractivity contribution in [1.82, 2.24) is 0 Å². The van der Waals surface area contributed by atoms with Crippen LogP contribution in [0.5, 0.6) is 0 Å². The Labute approximate surface area is 106 Å². The Bertz CT molecular complexity index is 321. The first-order valence-corrected chi connectivity index (χ1v) is 6.11. The van der Waals surface area contributed by atoms with E-state index < -0.39 is 6.10 Å².